The van der Waals surface area contributed by atoms with Crippen LogP contribution in [0.4, 0.5) is 0 Å². The number of aromatic hydroxyl groups is 6. The maximum Gasteiger partial charge on any atom is 0.204 e. The number of phenols is 6. The molecule has 0 aliphatic carbocycles. The number of rotatable bonds is 3. The first kappa shape index (κ1) is 28.3. The summed E-state index contributed by atoms with van der Waals surface area (Å²) in [5, 5.41) is 69.2. The Labute approximate surface area is 269 Å². The van der Waals surface area contributed by atoms with Crippen LogP contribution in [0.3, 0.4) is 0 Å². The molecule has 0 atom stereocenters. The summed E-state index contributed by atoms with van der Waals surface area (Å²) in [6, 6.07) is 29.3. The molecule has 0 aliphatic heterocycles. The van der Waals surface area contributed by atoms with Crippen LogP contribution in [0, 0.1) is 0 Å². The summed E-state index contributed by atoms with van der Waals surface area (Å²) in [6.45, 7) is 0. The van der Waals surface area contributed by atoms with Crippen LogP contribution < -0.4 is 10.9 Å². The van der Waals surface area contributed by atoms with E-state index in [0.717, 1.165) is 33.1 Å². The zero-order valence-corrected chi connectivity index (χ0v) is 24.5. The minimum Gasteiger partial charge on any atom is -0.508 e. The van der Waals surface area contributed by atoms with E-state index in [-0.39, 0.29) is 43.6 Å². The van der Waals surface area contributed by atoms with Gasteiger partial charge in [0, 0.05) is 43.4 Å². The topological polar surface area (TPSA) is 135 Å². The fourth-order valence-corrected chi connectivity index (χ4v) is 6.62. The zero-order chi connectivity index (χ0) is 32.7. The molecule has 8 aromatic rings. The molecule has 0 unspecified atom stereocenters. The average Bonchev–Trinajstić information content (AvgIpc) is 3.48. The summed E-state index contributed by atoms with van der Waals surface area (Å²) < 4.78 is 6.00. The van der Waals surface area contributed by atoms with Crippen molar-refractivity contribution < 1.29 is 35.1 Å². The van der Waals surface area contributed by atoms with Crippen LogP contribution in [-0.4, -0.2) is 46.3 Å². The molecule has 0 amide bonds. The second-order valence-corrected chi connectivity index (χ2v) is 11.4. The number of fused-ring (bicyclic) bond motifs is 5. The lowest BCUT2D eigenvalue weighted by molar-refractivity contribution is 0.351. The molecule has 1 heterocycles. The quantitative estimate of drug-likeness (QED) is 0.0565. The van der Waals surface area contributed by atoms with Gasteiger partial charge in [0.05, 0.1) is 0 Å². The van der Waals surface area contributed by atoms with E-state index in [1.54, 1.807) is 42.5 Å². The Morgan fingerprint density at radius 3 is 1.53 bits per heavy atom. The van der Waals surface area contributed by atoms with E-state index in [2.05, 4.69) is 0 Å². The molecule has 9 heteroatoms. The van der Waals surface area contributed by atoms with E-state index in [0.29, 0.717) is 11.1 Å². The average molecular weight is 612 g/mol. The van der Waals surface area contributed by atoms with Crippen molar-refractivity contribution in [3.63, 3.8) is 0 Å². The third-order valence-electron chi connectivity index (χ3n) is 8.84. The van der Waals surface area contributed by atoms with Gasteiger partial charge in [-0.3, -0.25) is 0 Å². The van der Waals surface area contributed by atoms with Crippen molar-refractivity contribution in [2.24, 2.45) is 0 Å². The number of hydrogen-bond acceptors (Lipinski definition) is 7. The molecular formula is C38H22B2O7. The molecule has 0 saturated heterocycles. The second-order valence-electron chi connectivity index (χ2n) is 11.4. The van der Waals surface area contributed by atoms with E-state index in [1.807, 2.05) is 54.6 Å². The maximum atomic E-state index is 11.6. The van der Waals surface area contributed by atoms with Gasteiger partial charge in [-0.15, -0.1) is 0 Å². The van der Waals surface area contributed by atoms with Crippen LogP contribution in [0.15, 0.2) is 101 Å². The Balaban J connectivity index is 1.53. The molecule has 0 fully saturated rings. The Morgan fingerprint density at radius 2 is 0.872 bits per heavy atom. The first-order valence-electron chi connectivity index (χ1n) is 14.6. The summed E-state index contributed by atoms with van der Waals surface area (Å²) >= 11 is 0. The predicted octanol–water partition coefficient (Wildman–Crippen LogP) is 6.71. The molecule has 0 spiro atoms. The maximum absolute atomic E-state index is 11.6. The van der Waals surface area contributed by atoms with Crippen LogP contribution in [0.2, 0.25) is 0 Å². The van der Waals surface area contributed by atoms with Gasteiger partial charge in [0.1, 0.15) is 38.4 Å². The third kappa shape index (κ3) is 3.96. The van der Waals surface area contributed by atoms with E-state index < -0.39 is 34.5 Å². The molecule has 8 rings (SSSR count). The Bertz CT molecular complexity index is 2530. The summed E-state index contributed by atoms with van der Waals surface area (Å²) in [7, 11) is 12.4. The fraction of sp³-hybridized carbons (Fsp3) is 0. The Morgan fingerprint density at radius 1 is 0.383 bits per heavy atom. The smallest absolute Gasteiger partial charge is 0.204 e. The van der Waals surface area contributed by atoms with Crippen molar-refractivity contribution in [1.82, 2.24) is 0 Å². The molecule has 0 aliphatic rings. The zero-order valence-electron chi connectivity index (χ0n) is 24.5. The van der Waals surface area contributed by atoms with Crippen LogP contribution in [0.5, 0.6) is 34.5 Å². The van der Waals surface area contributed by atoms with Crippen molar-refractivity contribution in [3.8, 4) is 67.9 Å². The van der Waals surface area contributed by atoms with Crippen molar-refractivity contribution in [2.45, 2.75) is 0 Å². The summed E-state index contributed by atoms with van der Waals surface area (Å²) in [4.78, 5) is 0. The van der Waals surface area contributed by atoms with Crippen LogP contribution in [0.1, 0.15) is 0 Å². The molecule has 6 N–H and O–H groups in total. The van der Waals surface area contributed by atoms with Crippen LogP contribution in [0.25, 0.3) is 76.9 Å². The van der Waals surface area contributed by atoms with E-state index in [9.17, 15) is 30.6 Å². The molecule has 4 radical (unpaired) electrons. The van der Waals surface area contributed by atoms with Crippen molar-refractivity contribution in [2.75, 3.05) is 0 Å². The summed E-state index contributed by atoms with van der Waals surface area (Å²) in [5.74, 6) is -4.38. The van der Waals surface area contributed by atoms with E-state index >= 15 is 0 Å². The number of furan rings is 1. The van der Waals surface area contributed by atoms with Crippen molar-refractivity contribution in [1.29, 1.82) is 0 Å². The molecular weight excluding hydrogens is 590 g/mol. The lowest BCUT2D eigenvalue weighted by Gasteiger charge is -2.24. The predicted molar refractivity (Wildman–Crippen MR) is 186 cm³/mol. The lowest BCUT2D eigenvalue weighted by Crippen LogP contribution is -2.26. The van der Waals surface area contributed by atoms with Crippen LogP contribution in [-0.2, 0) is 0 Å². The minimum atomic E-state index is -0.963. The first-order valence-corrected chi connectivity index (χ1v) is 14.6. The van der Waals surface area contributed by atoms with Crippen molar-refractivity contribution in [3.05, 3.63) is 97.1 Å². The van der Waals surface area contributed by atoms with Gasteiger partial charge in [-0.1, -0.05) is 83.7 Å². The Kier molecular flexibility index (Phi) is 6.11. The number of hydrogen-bond donors (Lipinski definition) is 6. The van der Waals surface area contributed by atoms with Crippen molar-refractivity contribution >= 4 is 70.1 Å². The molecule has 7 aromatic carbocycles. The molecule has 222 valence electrons. The van der Waals surface area contributed by atoms with Gasteiger partial charge in [0.15, 0.2) is 11.5 Å². The van der Waals surface area contributed by atoms with Gasteiger partial charge in [-0.25, -0.2) is 0 Å². The first-order chi connectivity index (χ1) is 22.7. The lowest BCUT2D eigenvalue weighted by atomic mass is 9.74. The van der Waals surface area contributed by atoms with Crippen LogP contribution >= 0.6 is 0 Å². The van der Waals surface area contributed by atoms with E-state index in [4.69, 9.17) is 20.1 Å². The standard InChI is InChI=1S/C38H22B2O7/c39-31-32(40)34(42)28-26(20-10-6-9-18(15-20)19-13-14-24-22(16-19)21-11-4-5-12-23(21)47-24)30-29(35(43)37(45)38(46)36(30)44)25(27(28)33(31)41)17-7-2-1-3-8-17/h1-16,41-46H. The highest BCUT2D eigenvalue weighted by molar-refractivity contribution is 6.53. The number of para-hydroxylation sites is 1. The number of phenolic OH excluding ortho intramolecular Hbond substituents is 6. The van der Waals surface area contributed by atoms with E-state index in [1.165, 1.54) is 0 Å². The van der Waals surface area contributed by atoms with Gasteiger partial charge >= 0.3 is 0 Å². The molecule has 0 bridgehead atoms. The molecule has 1 aromatic heterocycles. The molecule has 47 heavy (non-hydrogen) atoms. The Hall–Kier alpha value is -6.21. The van der Waals surface area contributed by atoms with Gasteiger partial charge in [0.25, 0.3) is 0 Å². The largest absolute Gasteiger partial charge is 0.508 e. The highest BCUT2D eigenvalue weighted by atomic mass is 16.3. The normalized spacial score (nSPS) is 11.7. The van der Waals surface area contributed by atoms with Gasteiger partial charge in [-0.2, -0.15) is 0 Å². The van der Waals surface area contributed by atoms with Gasteiger partial charge in [-0.05, 0) is 46.5 Å². The minimum absolute atomic E-state index is 0.00812. The summed E-state index contributed by atoms with van der Waals surface area (Å²) in [5.41, 5.74) is 3.61. The van der Waals surface area contributed by atoms with Gasteiger partial charge < -0.3 is 35.1 Å². The second kappa shape index (κ2) is 10.2. The SMILES string of the molecule is [B]c1c([B])c(O)c2c(-c3cccc(-c4ccc5oc6ccccc6c5c4)c3)c3c(O)c(O)c(O)c(O)c3c(-c3ccccc3)c2c1O. The monoisotopic (exact) mass is 612 g/mol. The third-order valence-corrected chi connectivity index (χ3v) is 8.84. The highest BCUT2D eigenvalue weighted by Crippen LogP contribution is 2.58. The summed E-state index contributed by atoms with van der Waals surface area (Å²) in [6.07, 6.45) is 0. The van der Waals surface area contributed by atoms with Gasteiger partial charge in [0.2, 0.25) is 11.5 Å². The molecule has 0 saturated carbocycles. The highest BCUT2D eigenvalue weighted by Gasteiger charge is 2.30. The fourth-order valence-electron chi connectivity index (χ4n) is 6.62. The number of benzene rings is 7. The molecule has 7 nitrogen and oxygen atoms in total.